The maximum atomic E-state index is 6.09. The molecule has 104 valence electrons. The van der Waals surface area contributed by atoms with Crippen molar-refractivity contribution < 1.29 is 0 Å². The van der Waals surface area contributed by atoms with Crippen LogP contribution in [-0.4, -0.2) is 17.4 Å². The SMILES string of the molecule is Cc1cc(C2CN=C(N)N2Cc2ccccc2)c(C)s1. The number of aryl methyl sites for hydroxylation is 2. The van der Waals surface area contributed by atoms with Crippen LogP contribution in [0.2, 0.25) is 0 Å². The van der Waals surface area contributed by atoms with E-state index in [1.54, 1.807) is 0 Å². The van der Waals surface area contributed by atoms with E-state index in [0.29, 0.717) is 5.96 Å². The molecule has 0 spiro atoms. The largest absolute Gasteiger partial charge is 0.370 e. The van der Waals surface area contributed by atoms with Gasteiger partial charge in [-0.3, -0.25) is 4.99 Å². The molecule has 3 rings (SSSR count). The van der Waals surface area contributed by atoms with Crippen molar-refractivity contribution >= 4 is 17.3 Å². The number of thiophene rings is 1. The molecule has 20 heavy (non-hydrogen) atoms. The van der Waals surface area contributed by atoms with Crippen LogP contribution in [0.4, 0.5) is 0 Å². The van der Waals surface area contributed by atoms with Crippen LogP contribution in [0, 0.1) is 13.8 Å². The lowest BCUT2D eigenvalue weighted by molar-refractivity contribution is 0.340. The van der Waals surface area contributed by atoms with E-state index in [4.69, 9.17) is 5.73 Å². The Kier molecular flexibility index (Phi) is 3.49. The van der Waals surface area contributed by atoms with Gasteiger partial charge in [0.05, 0.1) is 12.6 Å². The fraction of sp³-hybridized carbons (Fsp3) is 0.312. The summed E-state index contributed by atoms with van der Waals surface area (Å²) >= 11 is 1.85. The first-order valence-electron chi connectivity index (χ1n) is 6.82. The molecule has 0 amide bonds. The van der Waals surface area contributed by atoms with Crippen molar-refractivity contribution in [2.24, 2.45) is 10.7 Å². The molecule has 2 heterocycles. The molecule has 1 atom stereocenters. The highest BCUT2D eigenvalue weighted by atomic mass is 32.1. The zero-order valence-electron chi connectivity index (χ0n) is 11.8. The highest BCUT2D eigenvalue weighted by Gasteiger charge is 2.29. The first-order valence-corrected chi connectivity index (χ1v) is 7.64. The molecule has 1 aromatic carbocycles. The number of hydrogen-bond donors (Lipinski definition) is 1. The van der Waals surface area contributed by atoms with Crippen LogP contribution in [0.3, 0.4) is 0 Å². The molecule has 0 bridgehead atoms. The minimum Gasteiger partial charge on any atom is -0.370 e. The Bertz CT molecular complexity index is 630. The van der Waals surface area contributed by atoms with Crippen molar-refractivity contribution in [2.75, 3.05) is 6.54 Å². The van der Waals surface area contributed by atoms with E-state index in [1.807, 2.05) is 17.4 Å². The second-order valence-electron chi connectivity index (χ2n) is 5.20. The smallest absolute Gasteiger partial charge is 0.192 e. The highest BCUT2D eigenvalue weighted by Crippen LogP contribution is 2.33. The van der Waals surface area contributed by atoms with Crippen LogP contribution >= 0.6 is 11.3 Å². The molecule has 0 aliphatic carbocycles. The monoisotopic (exact) mass is 285 g/mol. The van der Waals surface area contributed by atoms with Gasteiger partial charge in [0.1, 0.15) is 0 Å². The van der Waals surface area contributed by atoms with Gasteiger partial charge in [-0.25, -0.2) is 0 Å². The fourth-order valence-electron chi connectivity index (χ4n) is 2.75. The highest BCUT2D eigenvalue weighted by molar-refractivity contribution is 7.12. The topological polar surface area (TPSA) is 41.6 Å². The van der Waals surface area contributed by atoms with E-state index < -0.39 is 0 Å². The Hall–Kier alpha value is -1.81. The van der Waals surface area contributed by atoms with Gasteiger partial charge >= 0.3 is 0 Å². The summed E-state index contributed by atoms with van der Waals surface area (Å²) < 4.78 is 0. The van der Waals surface area contributed by atoms with Gasteiger partial charge in [0, 0.05) is 16.3 Å². The molecule has 1 aliphatic heterocycles. The van der Waals surface area contributed by atoms with Crippen molar-refractivity contribution in [2.45, 2.75) is 26.4 Å². The molecule has 0 fully saturated rings. The number of nitrogens with two attached hydrogens (primary N) is 1. The lowest BCUT2D eigenvalue weighted by Gasteiger charge is -2.26. The summed E-state index contributed by atoms with van der Waals surface area (Å²) in [6, 6.07) is 13.0. The van der Waals surface area contributed by atoms with Gasteiger partial charge in [-0.05, 0) is 31.0 Å². The molecule has 2 aromatic rings. The molecule has 1 unspecified atom stereocenters. The molecule has 2 N–H and O–H groups in total. The fourth-order valence-corrected chi connectivity index (χ4v) is 3.73. The third kappa shape index (κ3) is 2.43. The quantitative estimate of drug-likeness (QED) is 0.940. The van der Waals surface area contributed by atoms with E-state index in [1.165, 1.54) is 20.9 Å². The Labute approximate surface area is 123 Å². The van der Waals surface area contributed by atoms with E-state index in [0.717, 1.165) is 13.1 Å². The number of nitrogens with zero attached hydrogens (tertiary/aromatic N) is 2. The van der Waals surface area contributed by atoms with E-state index in [2.05, 4.69) is 54.1 Å². The summed E-state index contributed by atoms with van der Waals surface area (Å²) in [7, 11) is 0. The van der Waals surface area contributed by atoms with Crippen LogP contribution in [0.25, 0.3) is 0 Å². The average Bonchev–Trinajstić information content (AvgIpc) is 2.95. The number of guanidine groups is 1. The number of hydrogen-bond acceptors (Lipinski definition) is 4. The average molecular weight is 285 g/mol. The predicted molar refractivity (Wildman–Crippen MR) is 85.0 cm³/mol. The standard InChI is InChI=1S/C16H19N3S/c1-11-8-14(12(2)20-11)15-9-18-16(17)19(15)10-13-6-4-3-5-7-13/h3-8,15H,9-10H2,1-2H3,(H2,17,18). The molecular weight excluding hydrogens is 266 g/mol. The van der Waals surface area contributed by atoms with Gasteiger partial charge in [0.2, 0.25) is 0 Å². The molecule has 4 heteroatoms. The Morgan fingerprint density at radius 3 is 2.70 bits per heavy atom. The second kappa shape index (κ2) is 5.29. The van der Waals surface area contributed by atoms with Crippen LogP contribution in [0.15, 0.2) is 41.4 Å². The number of aliphatic imine (C=N–C) groups is 1. The molecule has 0 radical (unpaired) electrons. The van der Waals surface area contributed by atoms with E-state index in [9.17, 15) is 0 Å². The molecule has 1 aliphatic rings. The minimum absolute atomic E-state index is 0.278. The van der Waals surface area contributed by atoms with Gasteiger partial charge < -0.3 is 10.6 Å². The normalized spacial score (nSPS) is 18.4. The van der Waals surface area contributed by atoms with Crippen molar-refractivity contribution in [3.05, 3.63) is 57.3 Å². The number of benzene rings is 1. The summed E-state index contributed by atoms with van der Waals surface area (Å²) in [6.45, 7) is 5.91. The van der Waals surface area contributed by atoms with Crippen molar-refractivity contribution in [3.63, 3.8) is 0 Å². The van der Waals surface area contributed by atoms with Crippen molar-refractivity contribution in [1.82, 2.24) is 4.90 Å². The summed E-state index contributed by atoms with van der Waals surface area (Å²) in [5, 5.41) is 0. The van der Waals surface area contributed by atoms with Gasteiger partial charge in [-0.2, -0.15) is 0 Å². The predicted octanol–water partition coefficient (Wildman–Crippen LogP) is 3.24. The van der Waals surface area contributed by atoms with Crippen LogP contribution in [0.1, 0.15) is 26.9 Å². The third-order valence-electron chi connectivity index (χ3n) is 3.73. The molecule has 1 aromatic heterocycles. The minimum atomic E-state index is 0.278. The second-order valence-corrected chi connectivity index (χ2v) is 6.66. The molecule has 3 nitrogen and oxygen atoms in total. The van der Waals surface area contributed by atoms with Crippen LogP contribution < -0.4 is 5.73 Å². The maximum Gasteiger partial charge on any atom is 0.192 e. The molecular formula is C16H19N3S. The van der Waals surface area contributed by atoms with Gasteiger partial charge in [0.25, 0.3) is 0 Å². The van der Waals surface area contributed by atoms with Gasteiger partial charge in [0.15, 0.2) is 5.96 Å². The summed E-state index contributed by atoms with van der Waals surface area (Å²) in [4.78, 5) is 9.38. The third-order valence-corrected chi connectivity index (χ3v) is 4.71. The lowest BCUT2D eigenvalue weighted by atomic mass is 10.1. The van der Waals surface area contributed by atoms with Crippen LogP contribution in [-0.2, 0) is 6.54 Å². The zero-order chi connectivity index (χ0) is 14.1. The summed E-state index contributed by atoms with van der Waals surface area (Å²) in [5.74, 6) is 0.655. The van der Waals surface area contributed by atoms with Gasteiger partial charge in [-0.15, -0.1) is 11.3 Å². The first-order chi connectivity index (χ1) is 9.65. The maximum absolute atomic E-state index is 6.09. The summed E-state index contributed by atoms with van der Waals surface area (Å²) in [5.41, 5.74) is 8.72. The lowest BCUT2D eigenvalue weighted by Crippen LogP contribution is -2.35. The van der Waals surface area contributed by atoms with E-state index in [-0.39, 0.29) is 6.04 Å². The Balaban J connectivity index is 1.87. The number of rotatable bonds is 3. The Morgan fingerprint density at radius 2 is 2.05 bits per heavy atom. The van der Waals surface area contributed by atoms with Crippen molar-refractivity contribution in [3.8, 4) is 0 Å². The zero-order valence-corrected chi connectivity index (χ0v) is 12.7. The first kappa shape index (κ1) is 13.2. The molecule has 0 saturated carbocycles. The molecule has 0 saturated heterocycles. The summed E-state index contributed by atoms with van der Waals surface area (Å²) in [6.07, 6.45) is 0. The van der Waals surface area contributed by atoms with E-state index >= 15 is 0 Å². The van der Waals surface area contributed by atoms with Crippen LogP contribution in [0.5, 0.6) is 0 Å². The van der Waals surface area contributed by atoms with Gasteiger partial charge in [-0.1, -0.05) is 30.3 Å². The van der Waals surface area contributed by atoms with Crippen molar-refractivity contribution in [1.29, 1.82) is 0 Å². The Morgan fingerprint density at radius 1 is 1.30 bits per heavy atom.